The van der Waals surface area contributed by atoms with Crippen LogP contribution in [0.2, 0.25) is 0 Å². The van der Waals surface area contributed by atoms with Crippen molar-refractivity contribution in [3.8, 4) is 11.5 Å². The molecule has 0 spiro atoms. The Labute approximate surface area is 125 Å². The van der Waals surface area contributed by atoms with Crippen molar-refractivity contribution in [2.75, 3.05) is 7.05 Å². The van der Waals surface area contributed by atoms with E-state index in [4.69, 9.17) is 15.3 Å². The van der Waals surface area contributed by atoms with E-state index >= 15 is 0 Å². The number of aliphatic hydroxyl groups is 3. The van der Waals surface area contributed by atoms with Crippen LogP contribution < -0.4 is 4.74 Å². The third-order valence-corrected chi connectivity index (χ3v) is 2.76. The zero-order valence-electron chi connectivity index (χ0n) is 12.2. The quantitative estimate of drug-likeness (QED) is 0.378. The van der Waals surface area contributed by atoms with Crippen molar-refractivity contribution in [2.45, 2.75) is 20.1 Å². The van der Waals surface area contributed by atoms with Gasteiger partial charge in [-0.25, -0.2) is 0 Å². The van der Waals surface area contributed by atoms with Crippen molar-refractivity contribution in [3.63, 3.8) is 0 Å². The molecule has 0 bridgehead atoms. The minimum absolute atomic E-state index is 0.0509. The Bertz CT molecular complexity index is 606. The summed E-state index contributed by atoms with van der Waals surface area (Å²) in [6, 6.07) is 0.965. The first kappa shape index (κ1) is 17.9. The third kappa shape index (κ3) is 3.92. The van der Waals surface area contributed by atoms with Gasteiger partial charge in [0.15, 0.2) is 11.5 Å². The van der Waals surface area contributed by atoms with Crippen LogP contribution in [-0.4, -0.2) is 39.4 Å². The number of rotatable bonds is 5. The maximum absolute atomic E-state index is 14.1. The van der Waals surface area contributed by atoms with Crippen LogP contribution >= 0.6 is 0 Å². The molecule has 8 heteroatoms. The zero-order chi connectivity index (χ0) is 17.1. The number of alkyl halides is 1. The molecule has 0 aliphatic rings. The molecule has 0 amide bonds. The topological polar surface area (TPSA) is 103 Å². The van der Waals surface area contributed by atoms with E-state index in [9.17, 15) is 13.9 Å². The number of aromatic hydroxyl groups is 1. The average molecular weight is 317 g/mol. The van der Waals surface area contributed by atoms with Crippen molar-refractivity contribution in [2.24, 2.45) is 10.9 Å². The summed E-state index contributed by atoms with van der Waals surface area (Å²) in [6.45, 7) is 3.42. The molecule has 0 saturated carbocycles. The molecule has 0 fully saturated rings. The molecule has 0 saturated heterocycles. The smallest absolute Gasteiger partial charge is 0.492 e. The van der Waals surface area contributed by atoms with Crippen LogP contribution in [0.5, 0.6) is 11.5 Å². The summed E-state index contributed by atoms with van der Waals surface area (Å²) in [5.74, 6) is -3.52. The first-order chi connectivity index (χ1) is 10.1. The van der Waals surface area contributed by atoms with Gasteiger partial charge >= 0.3 is 6.23 Å². The second kappa shape index (κ2) is 6.71. The first-order valence-corrected chi connectivity index (χ1v) is 6.28. The van der Waals surface area contributed by atoms with Crippen molar-refractivity contribution in [1.29, 1.82) is 0 Å². The van der Waals surface area contributed by atoms with Gasteiger partial charge in [0.1, 0.15) is 0 Å². The minimum atomic E-state index is -4.15. The molecule has 1 aromatic carbocycles. The molecular weight excluding hydrogens is 300 g/mol. The molecule has 0 aliphatic carbocycles. The Hall–Kier alpha value is -2.19. The molecule has 0 unspecified atom stereocenters. The second-order valence-corrected chi connectivity index (χ2v) is 4.71. The van der Waals surface area contributed by atoms with E-state index in [-0.39, 0.29) is 22.8 Å². The van der Waals surface area contributed by atoms with Crippen molar-refractivity contribution in [1.82, 2.24) is 0 Å². The fourth-order valence-electron chi connectivity index (χ4n) is 2.00. The van der Waals surface area contributed by atoms with Crippen LogP contribution in [0, 0.1) is 11.7 Å². The lowest BCUT2D eigenvalue weighted by Gasteiger charge is -2.21. The summed E-state index contributed by atoms with van der Waals surface area (Å²) in [5, 5.41) is 35.9. The lowest BCUT2D eigenvalue weighted by Crippen LogP contribution is -2.31. The highest BCUT2D eigenvalue weighted by molar-refractivity contribution is 6.07. The van der Waals surface area contributed by atoms with Gasteiger partial charge in [0, 0.05) is 18.3 Å². The highest BCUT2D eigenvalue weighted by atomic mass is 19.2. The van der Waals surface area contributed by atoms with Crippen LogP contribution in [0.1, 0.15) is 25.0 Å². The summed E-state index contributed by atoms with van der Waals surface area (Å²) >= 11 is 0. The maximum atomic E-state index is 14.1. The lowest BCUT2D eigenvalue weighted by molar-refractivity contribution is -0.376. The molecule has 0 aromatic heterocycles. The Morgan fingerprint density at radius 2 is 2.00 bits per heavy atom. The Kier molecular flexibility index (Phi) is 5.45. The molecule has 0 atom stereocenters. The number of benzene rings is 1. The van der Waals surface area contributed by atoms with Crippen LogP contribution in [0.25, 0.3) is 6.08 Å². The van der Waals surface area contributed by atoms with Crippen molar-refractivity contribution < 1.29 is 33.9 Å². The van der Waals surface area contributed by atoms with E-state index in [1.807, 2.05) is 0 Å². The fraction of sp³-hybridized carbons (Fsp3) is 0.357. The standard InChI is InChI=1S/C14H17F2NO5/c1-7(2)12(17-3)10-8(4-5-18)6-9(19)11(15)13(10)22-14(16,20)21/h4-7,18-21H,1-3H3/b5-4+,17-12?. The number of hydrogen-bond donors (Lipinski definition) is 4. The van der Waals surface area contributed by atoms with Gasteiger partial charge < -0.3 is 25.2 Å². The SMILES string of the molecule is CN=C(c1c(/C=C/O)cc(O)c(F)c1OC(O)(O)F)C(C)C. The largest absolute Gasteiger partial charge is 0.516 e. The van der Waals surface area contributed by atoms with Gasteiger partial charge in [-0.05, 0) is 23.6 Å². The van der Waals surface area contributed by atoms with Crippen LogP contribution in [0.15, 0.2) is 17.3 Å². The average Bonchev–Trinajstić information content (AvgIpc) is 2.38. The van der Waals surface area contributed by atoms with E-state index in [1.165, 1.54) is 7.05 Å². The molecule has 1 aromatic rings. The molecule has 0 aliphatic heterocycles. The summed E-state index contributed by atoms with van der Waals surface area (Å²) in [4.78, 5) is 3.95. The van der Waals surface area contributed by atoms with Crippen molar-refractivity contribution >= 4 is 11.8 Å². The van der Waals surface area contributed by atoms with Gasteiger partial charge in [0.25, 0.3) is 0 Å². The number of ether oxygens (including phenoxy) is 1. The maximum Gasteiger partial charge on any atom is 0.492 e. The monoisotopic (exact) mass is 317 g/mol. The Morgan fingerprint density at radius 1 is 1.41 bits per heavy atom. The number of phenols is 1. The van der Waals surface area contributed by atoms with E-state index in [1.54, 1.807) is 13.8 Å². The molecular formula is C14H17F2NO5. The summed E-state index contributed by atoms with van der Waals surface area (Å²) in [6.07, 6.45) is -2.45. The van der Waals surface area contributed by atoms with Gasteiger partial charge in [-0.15, -0.1) is 4.39 Å². The van der Waals surface area contributed by atoms with Gasteiger partial charge in [-0.3, -0.25) is 4.99 Å². The van der Waals surface area contributed by atoms with E-state index in [0.717, 1.165) is 12.1 Å². The van der Waals surface area contributed by atoms with E-state index < -0.39 is 23.5 Å². The van der Waals surface area contributed by atoms with Gasteiger partial charge in [0.2, 0.25) is 5.82 Å². The normalized spacial score (nSPS) is 13.2. The molecule has 0 radical (unpaired) electrons. The summed E-state index contributed by atoms with van der Waals surface area (Å²) in [7, 11) is 1.40. The van der Waals surface area contributed by atoms with Crippen molar-refractivity contribution in [3.05, 3.63) is 29.3 Å². The molecule has 22 heavy (non-hydrogen) atoms. The number of halogens is 2. The second-order valence-electron chi connectivity index (χ2n) is 4.71. The van der Waals surface area contributed by atoms with E-state index in [0.29, 0.717) is 6.26 Å². The molecule has 0 heterocycles. The number of nitrogens with zero attached hydrogens (tertiary/aromatic N) is 1. The summed E-state index contributed by atoms with van der Waals surface area (Å²) in [5.41, 5.74) is 0.171. The molecule has 122 valence electrons. The van der Waals surface area contributed by atoms with Crippen LogP contribution in [0.3, 0.4) is 0 Å². The third-order valence-electron chi connectivity index (χ3n) is 2.76. The fourth-order valence-corrected chi connectivity index (χ4v) is 2.00. The number of hydrogen-bond acceptors (Lipinski definition) is 6. The molecule has 6 nitrogen and oxygen atoms in total. The molecule has 1 rings (SSSR count). The zero-order valence-corrected chi connectivity index (χ0v) is 12.2. The first-order valence-electron chi connectivity index (χ1n) is 6.28. The Balaban J connectivity index is 3.77. The van der Waals surface area contributed by atoms with Gasteiger partial charge in [-0.2, -0.15) is 4.39 Å². The van der Waals surface area contributed by atoms with Crippen LogP contribution in [-0.2, 0) is 0 Å². The highest BCUT2D eigenvalue weighted by Crippen LogP contribution is 2.37. The Morgan fingerprint density at radius 3 is 2.41 bits per heavy atom. The minimum Gasteiger partial charge on any atom is -0.516 e. The highest BCUT2D eigenvalue weighted by Gasteiger charge is 2.32. The van der Waals surface area contributed by atoms with Gasteiger partial charge in [0.05, 0.1) is 6.26 Å². The lowest BCUT2D eigenvalue weighted by atomic mass is 9.93. The van der Waals surface area contributed by atoms with Gasteiger partial charge in [-0.1, -0.05) is 13.8 Å². The summed E-state index contributed by atoms with van der Waals surface area (Å²) < 4.78 is 31.2. The van der Waals surface area contributed by atoms with Crippen LogP contribution in [0.4, 0.5) is 8.78 Å². The number of phenolic OH excluding ortho intramolecular Hbond substituents is 1. The van der Waals surface area contributed by atoms with E-state index in [2.05, 4.69) is 9.73 Å². The predicted molar refractivity (Wildman–Crippen MR) is 75.9 cm³/mol. The number of aliphatic hydroxyl groups excluding tert-OH is 1. The predicted octanol–water partition coefficient (Wildman–Crippen LogP) is 2.08. The number of aliphatic imine (C=N–C) groups is 1. The molecule has 4 N–H and O–H groups in total.